The van der Waals surface area contributed by atoms with Gasteiger partial charge in [0.05, 0.1) is 5.97 Å². The maximum absolute atomic E-state index is 12.5. The fourth-order valence-electron chi connectivity index (χ4n) is 2.73. The number of hydrogen-bond acceptors (Lipinski definition) is 5. The molecule has 7 heteroatoms. The van der Waals surface area contributed by atoms with E-state index in [1.165, 1.54) is 30.3 Å². The van der Waals surface area contributed by atoms with Crippen molar-refractivity contribution < 1.29 is 19.4 Å². The third-order valence-electron chi connectivity index (χ3n) is 4.28. The van der Waals surface area contributed by atoms with E-state index < -0.39 is 11.9 Å². The smallest absolute Gasteiger partial charge is 0.266 e. The van der Waals surface area contributed by atoms with E-state index in [0.717, 1.165) is 5.56 Å². The van der Waals surface area contributed by atoms with Crippen molar-refractivity contribution in [3.8, 4) is 11.8 Å². The van der Waals surface area contributed by atoms with Gasteiger partial charge in [0, 0.05) is 21.8 Å². The molecule has 0 spiro atoms. The van der Waals surface area contributed by atoms with Crippen molar-refractivity contribution in [3.05, 3.63) is 100 Å². The summed E-state index contributed by atoms with van der Waals surface area (Å²) in [5.41, 5.74) is 1.31. The molecule has 0 bridgehead atoms. The van der Waals surface area contributed by atoms with Gasteiger partial charge in [-0.05, 0) is 35.9 Å². The molecule has 3 rings (SSSR count). The lowest BCUT2D eigenvalue weighted by molar-refractivity contribution is -0.255. The van der Waals surface area contributed by atoms with Crippen LogP contribution in [0, 0.1) is 11.3 Å². The highest BCUT2D eigenvalue weighted by Crippen LogP contribution is 2.24. The Balaban J connectivity index is 1.80. The number of hydrogen-bond donors (Lipinski definition) is 1. The van der Waals surface area contributed by atoms with Crippen LogP contribution in [0.4, 0.5) is 5.69 Å². The van der Waals surface area contributed by atoms with Crippen molar-refractivity contribution >= 4 is 35.2 Å². The van der Waals surface area contributed by atoms with Gasteiger partial charge >= 0.3 is 0 Å². The molecule has 3 aromatic rings. The third kappa shape index (κ3) is 5.72. The summed E-state index contributed by atoms with van der Waals surface area (Å²) in [6.07, 6.45) is 1.40. The van der Waals surface area contributed by atoms with Gasteiger partial charge in [0.1, 0.15) is 24.0 Å². The Morgan fingerprint density at radius 2 is 1.81 bits per heavy atom. The lowest BCUT2D eigenvalue weighted by atomic mass is 10.1. The van der Waals surface area contributed by atoms with Crippen LogP contribution in [0.25, 0.3) is 6.08 Å². The molecule has 0 aliphatic heterocycles. The van der Waals surface area contributed by atoms with Crippen molar-refractivity contribution in [2.75, 3.05) is 5.32 Å². The van der Waals surface area contributed by atoms with Gasteiger partial charge in [0.15, 0.2) is 0 Å². The minimum Gasteiger partial charge on any atom is -0.545 e. The molecule has 1 amide bonds. The molecule has 0 heterocycles. The number of nitrogens with one attached hydrogen (secondary N) is 1. The molecule has 0 fully saturated rings. The van der Waals surface area contributed by atoms with Crippen molar-refractivity contribution in [3.63, 3.8) is 0 Å². The largest absolute Gasteiger partial charge is 0.545 e. The first-order valence-corrected chi connectivity index (χ1v) is 9.55. The van der Waals surface area contributed by atoms with Gasteiger partial charge in [-0.3, -0.25) is 4.79 Å². The first-order valence-electron chi connectivity index (χ1n) is 9.17. The van der Waals surface area contributed by atoms with Crippen LogP contribution in [0.1, 0.15) is 21.5 Å². The zero-order valence-corrected chi connectivity index (χ0v) is 16.9. The number of carbonyl (C=O) groups is 2. The Morgan fingerprint density at radius 1 is 1.06 bits per heavy atom. The summed E-state index contributed by atoms with van der Waals surface area (Å²) in [7, 11) is 0. The lowest BCUT2D eigenvalue weighted by Gasteiger charge is -2.11. The Bertz CT molecular complexity index is 1200. The molecule has 0 aromatic heterocycles. The molecule has 154 valence electrons. The highest BCUT2D eigenvalue weighted by molar-refractivity contribution is 6.31. The van der Waals surface area contributed by atoms with Crippen LogP contribution in [0.2, 0.25) is 5.02 Å². The predicted octanol–water partition coefficient (Wildman–Crippen LogP) is 3.83. The maximum atomic E-state index is 12.5. The molecule has 0 radical (unpaired) electrons. The minimum absolute atomic E-state index is 0.0846. The summed E-state index contributed by atoms with van der Waals surface area (Å²) < 4.78 is 5.85. The Morgan fingerprint density at radius 3 is 2.55 bits per heavy atom. The average Bonchev–Trinajstić information content (AvgIpc) is 2.77. The number of para-hydroxylation sites is 1. The van der Waals surface area contributed by atoms with Crippen LogP contribution in [-0.2, 0) is 11.4 Å². The number of amides is 1. The second-order valence-electron chi connectivity index (χ2n) is 6.41. The molecular weight excluding hydrogens is 416 g/mol. The van der Waals surface area contributed by atoms with Crippen molar-refractivity contribution in [1.29, 1.82) is 5.26 Å². The quantitative estimate of drug-likeness (QED) is 0.452. The van der Waals surface area contributed by atoms with Gasteiger partial charge in [-0.25, -0.2) is 0 Å². The molecule has 0 aliphatic carbocycles. The number of halogens is 1. The molecule has 0 saturated carbocycles. The molecule has 6 nitrogen and oxygen atoms in total. The SMILES string of the molecule is N#C/C(=C\c1ccccc1OCc1ccccc1Cl)C(=O)Nc1cccc(C(=O)[O-])c1. The van der Waals surface area contributed by atoms with Crippen LogP contribution < -0.4 is 15.2 Å². The monoisotopic (exact) mass is 431 g/mol. The third-order valence-corrected chi connectivity index (χ3v) is 4.65. The number of carbonyl (C=O) groups excluding carboxylic acids is 2. The van der Waals surface area contributed by atoms with Crippen LogP contribution in [0.3, 0.4) is 0 Å². The fourth-order valence-corrected chi connectivity index (χ4v) is 2.92. The van der Waals surface area contributed by atoms with E-state index >= 15 is 0 Å². The molecule has 0 aliphatic rings. The Kier molecular flexibility index (Phi) is 7.05. The van der Waals surface area contributed by atoms with Gasteiger partial charge in [0.25, 0.3) is 5.91 Å². The number of aromatic carboxylic acids is 1. The Labute approximate surface area is 184 Å². The molecule has 1 N–H and O–H groups in total. The van der Waals surface area contributed by atoms with E-state index in [2.05, 4.69) is 5.32 Å². The molecular formula is C24H16ClN2O4-. The van der Waals surface area contributed by atoms with Crippen LogP contribution in [0.15, 0.2) is 78.4 Å². The molecule has 31 heavy (non-hydrogen) atoms. The second kappa shape index (κ2) is 10.1. The first kappa shape index (κ1) is 21.6. The number of rotatable bonds is 7. The van der Waals surface area contributed by atoms with Gasteiger partial charge < -0.3 is 20.0 Å². The van der Waals surface area contributed by atoms with Gasteiger partial charge in [-0.1, -0.05) is 60.1 Å². The van der Waals surface area contributed by atoms with Crippen molar-refractivity contribution in [1.82, 2.24) is 0 Å². The van der Waals surface area contributed by atoms with Crippen LogP contribution >= 0.6 is 11.6 Å². The molecule has 0 atom stereocenters. The van der Waals surface area contributed by atoms with E-state index in [1.807, 2.05) is 24.3 Å². The number of carboxylic acid groups (broad SMARTS) is 1. The predicted molar refractivity (Wildman–Crippen MR) is 115 cm³/mol. The van der Waals surface area contributed by atoms with E-state index in [4.69, 9.17) is 16.3 Å². The van der Waals surface area contributed by atoms with E-state index in [9.17, 15) is 20.0 Å². The van der Waals surface area contributed by atoms with E-state index in [0.29, 0.717) is 16.3 Å². The summed E-state index contributed by atoms with van der Waals surface area (Å²) in [5, 5.41) is 23.5. The number of ether oxygens (including phenoxy) is 1. The summed E-state index contributed by atoms with van der Waals surface area (Å²) >= 11 is 6.16. The average molecular weight is 432 g/mol. The number of nitriles is 1. The lowest BCUT2D eigenvalue weighted by Crippen LogP contribution is -2.22. The minimum atomic E-state index is -1.36. The van der Waals surface area contributed by atoms with Gasteiger partial charge in [-0.15, -0.1) is 0 Å². The fraction of sp³-hybridized carbons (Fsp3) is 0.0417. The van der Waals surface area contributed by atoms with E-state index in [-0.39, 0.29) is 23.4 Å². The topological polar surface area (TPSA) is 102 Å². The van der Waals surface area contributed by atoms with Crippen LogP contribution in [0.5, 0.6) is 5.75 Å². The molecule has 3 aromatic carbocycles. The summed E-state index contributed by atoms with van der Waals surface area (Å²) in [4.78, 5) is 23.5. The number of benzene rings is 3. The summed E-state index contributed by atoms with van der Waals surface area (Å²) in [6, 6.07) is 21.7. The zero-order valence-electron chi connectivity index (χ0n) is 16.2. The molecule has 0 saturated heterocycles. The standard InChI is InChI=1S/C24H17ClN2O4/c25-21-10-3-1-7-18(21)15-31-22-11-4-2-6-16(22)12-19(14-26)23(28)27-20-9-5-8-17(13-20)24(29)30/h1-13H,15H2,(H,27,28)(H,29,30)/p-1/b19-12+. The highest BCUT2D eigenvalue weighted by Gasteiger charge is 2.12. The normalized spacial score (nSPS) is 10.8. The first-order chi connectivity index (χ1) is 15.0. The van der Waals surface area contributed by atoms with E-state index in [1.54, 1.807) is 30.3 Å². The van der Waals surface area contributed by atoms with Crippen molar-refractivity contribution in [2.24, 2.45) is 0 Å². The van der Waals surface area contributed by atoms with Crippen molar-refractivity contribution in [2.45, 2.75) is 6.61 Å². The second-order valence-corrected chi connectivity index (χ2v) is 6.82. The van der Waals surface area contributed by atoms with Gasteiger partial charge in [-0.2, -0.15) is 5.26 Å². The molecule has 0 unspecified atom stereocenters. The number of carboxylic acids is 1. The summed E-state index contributed by atoms with van der Waals surface area (Å²) in [6.45, 7) is 0.217. The number of nitrogens with zero attached hydrogens (tertiary/aromatic N) is 1. The van der Waals surface area contributed by atoms with Gasteiger partial charge in [0.2, 0.25) is 0 Å². The number of anilines is 1. The Hall–Kier alpha value is -4.08. The maximum Gasteiger partial charge on any atom is 0.266 e. The van der Waals surface area contributed by atoms with Crippen LogP contribution in [-0.4, -0.2) is 11.9 Å². The highest BCUT2D eigenvalue weighted by atomic mass is 35.5. The summed E-state index contributed by atoms with van der Waals surface area (Å²) in [5.74, 6) is -1.57. The zero-order chi connectivity index (χ0) is 22.2.